The van der Waals surface area contributed by atoms with Crippen molar-refractivity contribution >= 4 is 40.6 Å². The third kappa shape index (κ3) is 4.77. The van der Waals surface area contributed by atoms with Crippen molar-refractivity contribution in [2.45, 2.75) is 30.1 Å². The molecule has 1 saturated carbocycles. The Balaban J connectivity index is 1.54. The van der Waals surface area contributed by atoms with E-state index in [0.717, 1.165) is 22.2 Å². The lowest BCUT2D eigenvalue weighted by Crippen LogP contribution is -2.25. The number of rotatable bonds is 6. The number of aryl methyl sites for hydroxylation is 1. The summed E-state index contributed by atoms with van der Waals surface area (Å²) >= 11 is 2.81. The van der Waals surface area contributed by atoms with Gasteiger partial charge in [0.1, 0.15) is 5.01 Å². The van der Waals surface area contributed by atoms with Gasteiger partial charge >= 0.3 is 0 Å². The molecule has 2 N–H and O–H groups in total. The van der Waals surface area contributed by atoms with Crippen molar-refractivity contribution in [2.24, 2.45) is 0 Å². The number of nitrogens with zero attached hydrogens (tertiary/aromatic N) is 2. The number of thioether (sulfide) groups is 1. The van der Waals surface area contributed by atoms with Gasteiger partial charge in [-0.2, -0.15) is 0 Å². The van der Waals surface area contributed by atoms with E-state index >= 15 is 0 Å². The molecule has 0 bridgehead atoms. The van der Waals surface area contributed by atoms with Crippen LogP contribution in [0.5, 0.6) is 0 Å². The summed E-state index contributed by atoms with van der Waals surface area (Å²) in [6.07, 6.45) is 2.09. The van der Waals surface area contributed by atoms with Gasteiger partial charge in [0.2, 0.25) is 5.91 Å². The molecule has 0 radical (unpaired) electrons. The smallest absolute Gasteiger partial charge is 0.251 e. The molecule has 1 aromatic heterocycles. The highest BCUT2D eigenvalue weighted by molar-refractivity contribution is 8.01. The monoisotopic (exact) mass is 348 g/mol. The fraction of sp³-hybridized carbons (Fsp3) is 0.333. The van der Waals surface area contributed by atoms with E-state index in [1.54, 1.807) is 24.3 Å². The van der Waals surface area contributed by atoms with Crippen LogP contribution in [0.2, 0.25) is 0 Å². The van der Waals surface area contributed by atoms with Gasteiger partial charge in [0, 0.05) is 17.3 Å². The summed E-state index contributed by atoms with van der Waals surface area (Å²) < 4.78 is 0.773. The van der Waals surface area contributed by atoms with Crippen LogP contribution < -0.4 is 10.6 Å². The first-order chi connectivity index (χ1) is 11.1. The fourth-order valence-corrected chi connectivity index (χ4v) is 3.51. The molecule has 0 saturated heterocycles. The third-order valence-corrected chi connectivity index (χ3v) is 5.13. The number of amides is 2. The molecule has 0 atom stereocenters. The van der Waals surface area contributed by atoms with E-state index in [-0.39, 0.29) is 17.6 Å². The van der Waals surface area contributed by atoms with Crippen LogP contribution in [0.25, 0.3) is 0 Å². The topological polar surface area (TPSA) is 84.0 Å². The lowest BCUT2D eigenvalue weighted by atomic mass is 10.2. The SMILES string of the molecule is Cc1nnc(SCC(=O)Nc2cccc(C(=O)NC3CC3)c2)s1. The molecule has 1 heterocycles. The van der Waals surface area contributed by atoms with E-state index in [4.69, 9.17) is 0 Å². The van der Waals surface area contributed by atoms with Crippen molar-refractivity contribution in [3.63, 3.8) is 0 Å². The molecule has 1 fully saturated rings. The first kappa shape index (κ1) is 15.9. The molecule has 1 aliphatic carbocycles. The van der Waals surface area contributed by atoms with Gasteiger partial charge < -0.3 is 10.6 Å². The van der Waals surface area contributed by atoms with Gasteiger partial charge in [0.25, 0.3) is 5.91 Å². The van der Waals surface area contributed by atoms with Gasteiger partial charge in [-0.25, -0.2) is 0 Å². The summed E-state index contributed by atoms with van der Waals surface area (Å²) in [5.74, 6) is 0.0255. The first-order valence-electron chi connectivity index (χ1n) is 7.24. The molecule has 2 amide bonds. The van der Waals surface area contributed by atoms with Crippen LogP contribution in [-0.2, 0) is 4.79 Å². The third-order valence-electron chi connectivity index (χ3n) is 3.16. The molecule has 0 spiro atoms. The second-order valence-electron chi connectivity index (χ2n) is 5.25. The number of benzene rings is 1. The molecule has 120 valence electrons. The number of anilines is 1. The highest BCUT2D eigenvalue weighted by atomic mass is 32.2. The Morgan fingerprint density at radius 2 is 2.17 bits per heavy atom. The average molecular weight is 348 g/mol. The highest BCUT2D eigenvalue weighted by Crippen LogP contribution is 2.22. The van der Waals surface area contributed by atoms with Crippen LogP contribution in [0, 0.1) is 6.92 Å². The highest BCUT2D eigenvalue weighted by Gasteiger charge is 2.23. The van der Waals surface area contributed by atoms with Gasteiger partial charge in [0.15, 0.2) is 4.34 Å². The van der Waals surface area contributed by atoms with Crippen LogP contribution in [0.4, 0.5) is 5.69 Å². The maximum absolute atomic E-state index is 12.0. The molecule has 6 nitrogen and oxygen atoms in total. The minimum absolute atomic E-state index is 0.0951. The van der Waals surface area contributed by atoms with Crippen molar-refractivity contribution in [2.75, 3.05) is 11.1 Å². The lowest BCUT2D eigenvalue weighted by Gasteiger charge is -2.07. The van der Waals surface area contributed by atoms with Crippen molar-refractivity contribution in [1.29, 1.82) is 0 Å². The number of hydrogen-bond acceptors (Lipinski definition) is 6. The Morgan fingerprint density at radius 1 is 1.35 bits per heavy atom. The van der Waals surface area contributed by atoms with E-state index in [2.05, 4.69) is 20.8 Å². The van der Waals surface area contributed by atoms with E-state index in [0.29, 0.717) is 17.3 Å². The number of carbonyl (C=O) groups excluding carboxylic acids is 2. The molecular formula is C15H16N4O2S2. The normalized spacial score (nSPS) is 13.6. The van der Waals surface area contributed by atoms with Gasteiger partial charge in [0.05, 0.1) is 5.75 Å². The van der Waals surface area contributed by atoms with E-state index in [1.807, 2.05) is 6.92 Å². The van der Waals surface area contributed by atoms with Gasteiger partial charge in [-0.3, -0.25) is 9.59 Å². The van der Waals surface area contributed by atoms with Gasteiger partial charge in [-0.1, -0.05) is 29.2 Å². The zero-order valence-electron chi connectivity index (χ0n) is 12.5. The van der Waals surface area contributed by atoms with Crippen LogP contribution in [0.3, 0.4) is 0 Å². The van der Waals surface area contributed by atoms with Crippen molar-refractivity contribution in [3.05, 3.63) is 34.8 Å². The van der Waals surface area contributed by atoms with Gasteiger partial charge in [-0.05, 0) is 38.0 Å². The second-order valence-corrected chi connectivity index (χ2v) is 7.66. The van der Waals surface area contributed by atoms with Crippen LogP contribution in [-0.4, -0.2) is 33.8 Å². The zero-order valence-corrected chi connectivity index (χ0v) is 14.2. The molecular weight excluding hydrogens is 332 g/mol. The van der Waals surface area contributed by atoms with E-state index in [1.165, 1.54) is 23.1 Å². The van der Waals surface area contributed by atoms with E-state index in [9.17, 15) is 9.59 Å². The summed E-state index contributed by atoms with van der Waals surface area (Å²) in [7, 11) is 0. The number of hydrogen-bond donors (Lipinski definition) is 2. The van der Waals surface area contributed by atoms with Crippen molar-refractivity contribution < 1.29 is 9.59 Å². The minimum atomic E-state index is -0.136. The lowest BCUT2D eigenvalue weighted by molar-refractivity contribution is -0.113. The largest absolute Gasteiger partial charge is 0.349 e. The molecule has 1 aliphatic rings. The van der Waals surface area contributed by atoms with Crippen molar-refractivity contribution in [3.8, 4) is 0 Å². The molecule has 0 unspecified atom stereocenters. The Hall–Kier alpha value is -1.93. The Kier molecular flexibility index (Phi) is 4.92. The van der Waals surface area contributed by atoms with Crippen LogP contribution in [0.15, 0.2) is 28.6 Å². The van der Waals surface area contributed by atoms with Crippen molar-refractivity contribution in [1.82, 2.24) is 15.5 Å². The van der Waals surface area contributed by atoms with Crippen LogP contribution >= 0.6 is 23.1 Å². The summed E-state index contributed by atoms with van der Waals surface area (Å²) in [4.78, 5) is 24.0. The first-order valence-corrected chi connectivity index (χ1v) is 9.04. The quantitative estimate of drug-likeness (QED) is 0.784. The number of aromatic nitrogens is 2. The Bertz CT molecular complexity index is 728. The Labute approximate surface area is 142 Å². The Morgan fingerprint density at radius 3 is 2.87 bits per heavy atom. The van der Waals surface area contributed by atoms with Crippen LogP contribution in [0.1, 0.15) is 28.2 Å². The molecule has 8 heteroatoms. The molecule has 23 heavy (non-hydrogen) atoms. The summed E-state index contributed by atoms with van der Waals surface area (Å²) in [6.45, 7) is 1.87. The standard InChI is InChI=1S/C15H16N4O2S2/c1-9-18-19-15(23-9)22-8-13(20)16-12-4-2-3-10(7-12)14(21)17-11-5-6-11/h2-4,7,11H,5-6,8H2,1H3,(H,16,20)(H,17,21). The maximum Gasteiger partial charge on any atom is 0.251 e. The number of nitrogens with one attached hydrogen (secondary N) is 2. The fourth-order valence-electron chi connectivity index (χ4n) is 1.90. The summed E-state index contributed by atoms with van der Waals surface area (Å²) in [5, 5.41) is 14.5. The van der Waals surface area contributed by atoms with E-state index < -0.39 is 0 Å². The summed E-state index contributed by atoms with van der Waals surface area (Å²) in [6, 6.07) is 7.28. The molecule has 1 aromatic carbocycles. The predicted octanol–water partition coefficient (Wildman–Crippen LogP) is 2.47. The number of carbonyl (C=O) groups is 2. The second kappa shape index (κ2) is 7.10. The molecule has 0 aliphatic heterocycles. The molecule has 3 rings (SSSR count). The molecule has 2 aromatic rings. The van der Waals surface area contributed by atoms with Gasteiger partial charge in [-0.15, -0.1) is 10.2 Å². The minimum Gasteiger partial charge on any atom is -0.349 e. The maximum atomic E-state index is 12.0. The summed E-state index contributed by atoms with van der Waals surface area (Å²) in [5.41, 5.74) is 1.18. The average Bonchev–Trinajstić information content (AvgIpc) is 3.25. The zero-order chi connectivity index (χ0) is 16.2. The predicted molar refractivity (Wildman–Crippen MR) is 90.9 cm³/mol.